The highest BCUT2D eigenvalue weighted by molar-refractivity contribution is 5.83. The van der Waals surface area contributed by atoms with Gasteiger partial charge in [-0.2, -0.15) is 4.98 Å². The highest BCUT2D eigenvalue weighted by Gasteiger charge is 2.15. The van der Waals surface area contributed by atoms with Crippen molar-refractivity contribution in [2.24, 2.45) is 0 Å². The number of nitrogens with zero attached hydrogens (tertiary/aromatic N) is 2. The molecule has 1 aromatic heterocycles. The lowest BCUT2D eigenvalue weighted by Crippen LogP contribution is -2.22. The van der Waals surface area contributed by atoms with E-state index in [0.29, 0.717) is 0 Å². The lowest BCUT2D eigenvalue weighted by Gasteiger charge is -2.15. The molecule has 4 N–H and O–H groups in total. The lowest BCUT2D eigenvalue weighted by molar-refractivity contribution is 0.344. The Morgan fingerprint density at radius 2 is 2.00 bits per heavy atom. The topological polar surface area (TPSA) is 81.3 Å². The minimum atomic E-state index is 0.207. The van der Waals surface area contributed by atoms with Gasteiger partial charge in [-0.05, 0) is 44.5 Å². The molecule has 18 heavy (non-hydrogen) atoms. The van der Waals surface area contributed by atoms with E-state index in [1.54, 1.807) is 0 Å². The molecule has 96 valence electrons. The van der Waals surface area contributed by atoms with Crippen molar-refractivity contribution < 1.29 is 4.42 Å². The summed E-state index contributed by atoms with van der Waals surface area (Å²) in [6.07, 6.45) is 3.50. The van der Waals surface area contributed by atoms with E-state index in [1.165, 1.54) is 25.9 Å². The van der Waals surface area contributed by atoms with Crippen molar-refractivity contribution in [3.63, 3.8) is 0 Å². The van der Waals surface area contributed by atoms with E-state index in [2.05, 4.69) is 9.88 Å². The number of likely N-dealkylation sites (tertiary alicyclic amines) is 1. The molecule has 0 unspecified atom stereocenters. The van der Waals surface area contributed by atoms with E-state index >= 15 is 0 Å². The minimum Gasteiger partial charge on any atom is -0.424 e. The number of hydrogen-bond donors (Lipinski definition) is 2. The average Bonchev–Trinajstić information content (AvgIpc) is 2.96. The zero-order valence-electron chi connectivity index (χ0n) is 10.4. The smallest absolute Gasteiger partial charge is 0.292 e. The molecule has 5 nitrogen and oxygen atoms in total. The van der Waals surface area contributed by atoms with Crippen LogP contribution in [0.1, 0.15) is 18.4 Å². The summed E-state index contributed by atoms with van der Waals surface area (Å²) in [4.78, 5) is 6.69. The van der Waals surface area contributed by atoms with Crippen molar-refractivity contribution in [2.75, 3.05) is 31.1 Å². The Morgan fingerprint density at radius 3 is 2.78 bits per heavy atom. The number of hydrogen-bond acceptors (Lipinski definition) is 5. The van der Waals surface area contributed by atoms with Crippen LogP contribution in [0.25, 0.3) is 11.1 Å². The second kappa shape index (κ2) is 4.49. The fourth-order valence-electron chi connectivity index (χ4n) is 2.62. The zero-order valence-corrected chi connectivity index (χ0v) is 10.4. The largest absolute Gasteiger partial charge is 0.424 e. The van der Waals surface area contributed by atoms with Crippen LogP contribution in [0.4, 0.5) is 11.7 Å². The van der Waals surface area contributed by atoms with Crippen molar-refractivity contribution >= 4 is 22.8 Å². The average molecular weight is 246 g/mol. The molecule has 3 rings (SSSR count). The highest BCUT2D eigenvalue weighted by Crippen LogP contribution is 2.26. The predicted molar refractivity (Wildman–Crippen MR) is 72.2 cm³/mol. The molecule has 1 saturated heterocycles. The quantitative estimate of drug-likeness (QED) is 0.804. The van der Waals surface area contributed by atoms with Gasteiger partial charge in [0.1, 0.15) is 5.52 Å². The monoisotopic (exact) mass is 246 g/mol. The van der Waals surface area contributed by atoms with Crippen molar-refractivity contribution in [1.29, 1.82) is 0 Å². The van der Waals surface area contributed by atoms with Crippen molar-refractivity contribution in [3.8, 4) is 0 Å². The van der Waals surface area contributed by atoms with E-state index in [9.17, 15) is 0 Å². The number of nitrogens with two attached hydrogens (primary N) is 2. The molecule has 0 spiro atoms. The van der Waals surface area contributed by atoms with Crippen LogP contribution in [0.5, 0.6) is 0 Å². The number of benzene rings is 1. The zero-order chi connectivity index (χ0) is 12.5. The number of oxazole rings is 1. The van der Waals surface area contributed by atoms with Crippen molar-refractivity contribution in [1.82, 2.24) is 9.88 Å². The molecular formula is C13H18N4O. The summed E-state index contributed by atoms with van der Waals surface area (Å²) in [5.74, 6) is 0. The van der Waals surface area contributed by atoms with Crippen LogP contribution in [0, 0.1) is 0 Å². The Morgan fingerprint density at radius 1 is 1.22 bits per heavy atom. The molecule has 5 heteroatoms. The van der Waals surface area contributed by atoms with Gasteiger partial charge in [0.2, 0.25) is 0 Å². The lowest BCUT2D eigenvalue weighted by atomic mass is 10.1. The standard InChI is InChI=1S/C13H18N4O/c14-10-3-4-11-12(16-13(15)18-11)9(10)5-8-17-6-1-2-7-17/h3-4H,1-2,5-8,14H2,(H2,15,16). The van der Waals surface area contributed by atoms with Gasteiger partial charge in [0.15, 0.2) is 5.58 Å². The molecule has 1 aromatic carbocycles. The maximum Gasteiger partial charge on any atom is 0.292 e. The van der Waals surface area contributed by atoms with Gasteiger partial charge in [0.05, 0.1) is 0 Å². The molecule has 0 bridgehead atoms. The molecule has 1 fully saturated rings. The summed E-state index contributed by atoms with van der Waals surface area (Å²) in [7, 11) is 0. The molecule has 0 amide bonds. The maximum absolute atomic E-state index is 6.04. The first kappa shape index (κ1) is 11.3. The van der Waals surface area contributed by atoms with E-state index in [-0.39, 0.29) is 6.01 Å². The fourth-order valence-corrected chi connectivity index (χ4v) is 2.62. The summed E-state index contributed by atoms with van der Waals surface area (Å²) in [5, 5.41) is 0. The summed E-state index contributed by atoms with van der Waals surface area (Å²) in [6, 6.07) is 3.90. The first-order valence-electron chi connectivity index (χ1n) is 6.40. The second-order valence-corrected chi connectivity index (χ2v) is 4.83. The van der Waals surface area contributed by atoms with E-state index < -0.39 is 0 Å². The second-order valence-electron chi connectivity index (χ2n) is 4.83. The van der Waals surface area contributed by atoms with E-state index in [0.717, 1.165) is 35.3 Å². The Hall–Kier alpha value is -1.75. The SMILES string of the molecule is Nc1nc2c(CCN3CCCC3)c(N)ccc2o1. The summed E-state index contributed by atoms with van der Waals surface area (Å²) >= 11 is 0. The summed E-state index contributed by atoms with van der Waals surface area (Å²) in [6.45, 7) is 3.41. The summed E-state index contributed by atoms with van der Waals surface area (Å²) < 4.78 is 5.33. The van der Waals surface area contributed by atoms with Gasteiger partial charge >= 0.3 is 0 Å². The fraction of sp³-hybridized carbons (Fsp3) is 0.462. The third kappa shape index (κ3) is 2.01. The van der Waals surface area contributed by atoms with Gasteiger partial charge in [0, 0.05) is 17.8 Å². The number of rotatable bonds is 3. The predicted octanol–water partition coefficient (Wildman–Crippen LogP) is 1.63. The molecule has 1 aliphatic heterocycles. The molecular weight excluding hydrogens is 228 g/mol. The minimum absolute atomic E-state index is 0.207. The highest BCUT2D eigenvalue weighted by atomic mass is 16.4. The van der Waals surface area contributed by atoms with Crippen LogP contribution < -0.4 is 11.5 Å². The van der Waals surface area contributed by atoms with Crippen LogP contribution in [-0.4, -0.2) is 29.5 Å². The van der Waals surface area contributed by atoms with Crippen molar-refractivity contribution in [2.45, 2.75) is 19.3 Å². The van der Waals surface area contributed by atoms with Crippen LogP contribution in [0.2, 0.25) is 0 Å². The Labute approximate surface area is 106 Å². The number of nitrogen functional groups attached to an aromatic ring is 2. The molecule has 1 aliphatic rings. The van der Waals surface area contributed by atoms with Crippen molar-refractivity contribution in [3.05, 3.63) is 17.7 Å². The van der Waals surface area contributed by atoms with Gasteiger partial charge < -0.3 is 20.8 Å². The summed E-state index contributed by atoms with van der Waals surface area (Å²) in [5.41, 5.74) is 15.0. The third-order valence-corrected chi connectivity index (χ3v) is 3.60. The van der Waals surface area contributed by atoms with E-state index in [4.69, 9.17) is 15.9 Å². The molecule has 2 aromatic rings. The molecule has 2 heterocycles. The van der Waals surface area contributed by atoms with Gasteiger partial charge in [-0.25, -0.2) is 0 Å². The normalized spacial score (nSPS) is 16.7. The van der Waals surface area contributed by atoms with Gasteiger partial charge in [-0.3, -0.25) is 0 Å². The Balaban J connectivity index is 1.86. The van der Waals surface area contributed by atoms with Crippen LogP contribution in [-0.2, 0) is 6.42 Å². The van der Waals surface area contributed by atoms with Crippen LogP contribution >= 0.6 is 0 Å². The number of aromatic nitrogens is 1. The molecule has 0 aliphatic carbocycles. The molecule has 0 atom stereocenters. The number of fused-ring (bicyclic) bond motifs is 1. The maximum atomic E-state index is 6.04. The third-order valence-electron chi connectivity index (χ3n) is 3.60. The first-order valence-corrected chi connectivity index (χ1v) is 6.40. The van der Waals surface area contributed by atoms with Crippen LogP contribution in [0.15, 0.2) is 16.5 Å². The van der Waals surface area contributed by atoms with Gasteiger partial charge in [-0.15, -0.1) is 0 Å². The number of anilines is 2. The van der Waals surface area contributed by atoms with Crippen LogP contribution in [0.3, 0.4) is 0 Å². The molecule has 0 saturated carbocycles. The van der Waals surface area contributed by atoms with Gasteiger partial charge in [-0.1, -0.05) is 0 Å². The van der Waals surface area contributed by atoms with Gasteiger partial charge in [0.25, 0.3) is 6.01 Å². The Kier molecular flexibility index (Phi) is 2.83. The Bertz CT molecular complexity index is 557. The molecule has 0 radical (unpaired) electrons. The van der Waals surface area contributed by atoms with E-state index in [1.807, 2.05) is 12.1 Å². The first-order chi connectivity index (χ1) is 8.74.